The van der Waals surface area contributed by atoms with E-state index in [2.05, 4.69) is 0 Å². The number of carbonyl (C=O) groups excluding carboxylic acids is 1. The monoisotopic (exact) mass is 368 g/mol. The minimum absolute atomic E-state index is 0.0206. The highest BCUT2D eigenvalue weighted by Gasteiger charge is 2.31. The van der Waals surface area contributed by atoms with Gasteiger partial charge in [0.2, 0.25) is 0 Å². The lowest BCUT2D eigenvalue weighted by atomic mass is 9.92. The van der Waals surface area contributed by atoms with E-state index in [-0.39, 0.29) is 29.7 Å². The SMILES string of the molecule is CN(C(=O)OC(C)(C)C)C1CCC(Oc2cc(F)ccc2[N+](=O)[O-])CC1. The van der Waals surface area contributed by atoms with E-state index in [1.54, 1.807) is 11.9 Å². The Kier molecular flexibility index (Phi) is 6.05. The summed E-state index contributed by atoms with van der Waals surface area (Å²) >= 11 is 0. The second-order valence-corrected chi connectivity index (χ2v) is 7.51. The van der Waals surface area contributed by atoms with Crippen molar-refractivity contribution in [2.24, 2.45) is 0 Å². The topological polar surface area (TPSA) is 81.9 Å². The number of nitrogens with zero attached hydrogens (tertiary/aromatic N) is 2. The van der Waals surface area contributed by atoms with E-state index >= 15 is 0 Å². The molecule has 0 atom stereocenters. The van der Waals surface area contributed by atoms with Gasteiger partial charge in [-0.05, 0) is 52.5 Å². The third-order valence-corrected chi connectivity index (χ3v) is 4.29. The van der Waals surface area contributed by atoms with E-state index in [0.29, 0.717) is 25.7 Å². The van der Waals surface area contributed by atoms with E-state index in [1.807, 2.05) is 20.8 Å². The van der Waals surface area contributed by atoms with Crippen molar-refractivity contribution in [3.63, 3.8) is 0 Å². The van der Waals surface area contributed by atoms with Gasteiger partial charge in [-0.25, -0.2) is 9.18 Å². The van der Waals surface area contributed by atoms with Crippen molar-refractivity contribution in [2.45, 2.75) is 64.2 Å². The zero-order valence-electron chi connectivity index (χ0n) is 15.5. The Labute approximate surface area is 152 Å². The van der Waals surface area contributed by atoms with Gasteiger partial charge in [0.25, 0.3) is 0 Å². The fourth-order valence-corrected chi connectivity index (χ4v) is 2.95. The van der Waals surface area contributed by atoms with Crippen LogP contribution < -0.4 is 4.74 Å². The summed E-state index contributed by atoms with van der Waals surface area (Å²) in [5.41, 5.74) is -0.804. The zero-order chi connectivity index (χ0) is 19.5. The van der Waals surface area contributed by atoms with Crippen LogP contribution >= 0.6 is 0 Å². The Morgan fingerprint density at radius 2 is 1.88 bits per heavy atom. The van der Waals surface area contributed by atoms with Crippen molar-refractivity contribution in [3.8, 4) is 5.75 Å². The van der Waals surface area contributed by atoms with Gasteiger partial charge in [0.1, 0.15) is 11.4 Å². The normalized spacial score (nSPS) is 20.3. The van der Waals surface area contributed by atoms with Gasteiger partial charge < -0.3 is 14.4 Å². The lowest BCUT2D eigenvalue weighted by molar-refractivity contribution is -0.386. The van der Waals surface area contributed by atoms with E-state index in [0.717, 1.165) is 18.2 Å². The first-order chi connectivity index (χ1) is 12.1. The summed E-state index contributed by atoms with van der Waals surface area (Å²) in [5, 5.41) is 11.1. The molecule has 1 saturated carbocycles. The lowest BCUT2D eigenvalue weighted by Gasteiger charge is -2.35. The average molecular weight is 368 g/mol. The van der Waals surface area contributed by atoms with Crippen LogP contribution in [0.2, 0.25) is 0 Å². The van der Waals surface area contributed by atoms with E-state index in [4.69, 9.17) is 9.47 Å². The smallest absolute Gasteiger partial charge is 0.410 e. The lowest BCUT2D eigenvalue weighted by Crippen LogP contribution is -2.43. The molecule has 0 unspecified atom stereocenters. The van der Waals surface area contributed by atoms with E-state index in [9.17, 15) is 19.3 Å². The number of halogens is 1. The molecule has 144 valence electrons. The van der Waals surface area contributed by atoms with E-state index in [1.165, 1.54) is 0 Å². The minimum Gasteiger partial charge on any atom is -0.483 e. The van der Waals surface area contributed by atoms with Crippen LogP contribution in [0.15, 0.2) is 18.2 Å². The Morgan fingerprint density at radius 1 is 1.27 bits per heavy atom. The molecular weight excluding hydrogens is 343 g/mol. The van der Waals surface area contributed by atoms with Gasteiger partial charge in [-0.15, -0.1) is 0 Å². The Morgan fingerprint density at radius 3 is 2.42 bits per heavy atom. The molecule has 2 rings (SSSR count). The van der Waals surface area contributed by atoms with Crippen LogP contribution in [0, 0.1) is 15.9 Å². The van der Waals surface area contributed by atoms with E-state index < -0.39 is 16.3 Å². The number of benzene rings is 1. The first-order valence-corrected chi connectivity index (χ1v) is 8.63. The number of hydrogen-bond donors (Lipinski definition) is 0. The van der Waals surface area contributed by atoms with Crippen molar-refractivity contribution in [1.82, 2.24) is 4.90 Å². The molecular formula is C18H25FN2O5. The Balaban J connectivity index is 1.94. The van der Waals surface area contributed by atoms with Crippen molar-refractivity contribution in [2.75, 3.05) is 7.05 Å². The van der Waals surface area contributed by atoms with Crippen LogP contribution in [0.3, 0.4) is 0 Å². The quantitative estimate of drug-likeness (QED) is 0.585. The molecule has 0 N–H and O–H groups in total. The average Bonchev–Trinajstić information content (AvgIpc) is 2.53. The van der Waals surface area contributed by atoms with Crippen molar-refractivity contribution in [1.29, 1.82) is 0 Å². The highest BCUT2D eigenvalue weighted by atomic mass is 19.1. The number of carbonyl (C=O) groups is 1. The fraction of sp³-hybridized carbons (Fsp3) is 0.611. The highest BCUT2D eigenvalue weighted by molar-refractivity contribution is 5.68. The summed E-state index contributed by atoms with van der Waals surface area (Å²) in [5.74, 6) is -0.636. The molecule has 1 amide bonds. The number of nitro groups is 1. The van der Waals surface area contributed by atoms with Crippen LogP contribution in [0.4, 0.5) is 14.9 Å². The summed E-state index contributed by atoms with van der Waals surface area (Å²) < 4.78 is 24.4. The molecule has 0 aromatic heterocycles. The molecule has 0 radical (unpaired) electrons. The summed E-state index contributed by atoms with van der Waals surface area (Å²) in [7, 11) is 1.71. The number of ether oxygens (including phenoxy) is 2. The Hall–Kier alpha value is -2.38. The van der Waals surface area contributed by atoms with Crippen molar-refractivity contribution < 1.29 is 23.6 Å². The second-order valence-electron chi connectivity index (χ2n) is 7.51. The third kappa shape index (κ3) is 5.31. The van der Waals surface area contributed by atoms with Gasteiger partial charge in [-0.1, -0.05) is 0 Å². The Bertz CT molecular complexity index is 666. The molecule has 0 heterocycles. The van der Waals surface area contributed by atoms with Crippen LogP contribution in [0.25, 0.3) is 0 Å². The van der Waals surface area contributed by atoms with Gasteiger partial charge in [0, 0.05) is 25.2 Å². The third-order valence-electron chi connectivity index (χ3n) is 4.29. The summed E-state index contributed by atoms with van der Waals surface area (Å²) in [6.45, 7) is 5.44. The van der Waals surface area contributed by atoms with Gasteiger partial charge in [0.15, 0.2) is 5.75 Å². The molecule has 8 heteroatoms. The summed E-state index contributed by atoms with van der Waals surface area (Å²) in [4.78, 5) is 24.2. The minimum atomic E-state index is -0.587. The molecule has 26 heavy (non-hydrogen) atoms. The molecule has 1 aliphatic carbocycles. The maximum absolute atomic E-state index is 13.4. The molecule has 0 spiro atoms. The van der Waals surface area contributed by atoms with Gasteiger partial charge in [-0.2, -0.15) is 0 Å². The number of hydrogen-bond acceptors (Lipinski definition) is 5. The predicted molar refractivity (Wildman–Crippen MR) is 93.7 cm³/mol. The molecule has 0 bridgehead atoms. The van der Waals surface area contributed by atoms with Gasteiger partial charge in [0.05, 0.1) is 11.0 Å². The molecule has 1 fully saturated rings. The van der Waals surface area contributed by atoms with Crippen LogP contribution in [-0.2, 0) is 4.74 Å². The molecule has 1 aromatic carbocycles. The first kappa shape index (κ1) is 19.9. The standard InChI is InChI=1S/C18H25FN2O5/c1-18(2,3)26-17(22)20(4)13-6-8-14(9-7-13)25-16-11-12(19)5-10-15(16)21(23)24/h5,10-11,13-14H,6-9H2,1-4H3. The highest BCUT2D eigenvalue weighted by Crippen LogP contribution is 2.32. The fourth-order valence-electron chi connectivity index (χ4n) is 2.95. The second kappa shape index (κ2) is 7.88. The maximum Gasteiger partial charge on any atom is 0.410 e. The van der Waals surface area contributed by atoms with Crippen molar-refractivity contribution in [3.05, 3.63) is 34.1 Å². The predicted octanol–water partition coefficient (Wildman–Crippen LogP) is 4.29. The van der Waals surface area contributed by atoms with Gasteiger partial charge in [-0.3, -0.25) is 10.1 Å². The van der Waals surface area contributed by atoms with Crippen LogP contribution in [0.1, 0.15) is 46.5 Å². The largest absolute Gasteiger partial charge is 0.483 e. The van der Waals surface area contributed by atoms with Crippen LogP contribution in [0.5, 0.6) is 5.75 Å². The number of nitro benzene ring substituents is 1. The maximum atomic E-state index is 13.4. The number of amides is 1. The zero-order valence-corrected chi connectivity index (χ0v) is 15.5. The summed E-state index contributed by atoms with van der Waals surface area (Å²) in [6, 6.07) is 3.20. The van der Waals surface area contributed by atoms with Gasteiger partial charge >= 0.3 is 11.8 Å². The molecule has 7 nitrogen and oxygen atoms in total. The van der Waals surface area contributed by atoms with Crippen molar-refractivity contribution >= 4 is 11.8 Å². The summed E-state index contributed by atoms with van der Waals surface area (Å²) in [6.07, 6.45) is 1.98. The molecule has 0 saturated heterocycles. The molecule has 1 aromatic rings. The van der Waals surface area contributed by atoms with Crippen LogP contribution in [-0.4, -0.2) is 40.7 Å². The molecule has 1 aliphatic rings. The molecule has 0 aliphatic heterocycles. The number of rotatable bonds is 4. The first-order valence-electron chi connectivity index (χ1n) is 8.63.